The minimum atomic E-state index is -8.45. The summed E-state index contributed by atoms with van der Waals surface area (Å²) in [6.45, 7) is -1.63. The van der Waals surface area contributed by atoms with Gasteiger partial charge in [0.15, 0.2) is 0 Å². The highest BCUT2D eigenvalue weighted by atomic mass is 19.4. The predicted octanol–water partition coefficient (Wildman–Crippen LogP) is 5.07. The van der Waals surface area contributed by atoms with Crippen molar-refractivity contribution in [2.45, 2.75) is 54.2 Å². The monoisotopic (exact) mass is 474 g/mol. The van der Waals surface area contributed by atoms with Crippen molar-refractivity contribution >= 4 is 0 Å². The second kappa shape index (κ2) is 6.91. The maximum absolute atomic E-state index is 13.3. The molecule has 0 aliphatic carbocycles. The van der Waals surface area contributed by atoms with E-state index in [9.17, 15) is 70.2 Å². The normalized spacial score (nSPS) is 21.3. The third-order valence-corrected chi connectivity index (χ3v) is 3.47. The summed E-state index contributed by atoms with van der Waals surface area (Å²) in [5, 5.41) is 0. The Morgan fingerprint density at radius 1 is 0.655 bits per heavy atom. The zero-order chi connectivity index (χ0) is 23.5. The Bertz CT molecular complexity index is 592. The van der Waals surface area contributed by atoms with Crippen LogP contribution in [0.3, 0.4) is 0 Å². The van der Waals surface area contributed by atoms with Gasteiger partial charge in [0, 0.05) is 0 Å². The molecule has 2 unspecified atom stereocenters. The van der Waals surface area contributed by atoms with Gasteiger partial charge in [0.1, 0.15) is 6.10 Å². The predicted molar refractivity (Wildman–Crippen MR) is 56.3 cm³/mol. The smallest absolute Gasteiger partial charge is 0.371 e. The van der Waals surface area contributed by atoms with Crippen molar-refractivity contribution in [1.29, 1.82) is 0 Å². The van der Waals surface area contributed by atoms with Crippen molar-refractivity contribution in [1.82, 2.24) is 0 Å². The van der Waals surface area contributed by atoms with Crippen LogP contribution in [0.25, 0.3) is 0 Å². The summed E-state index contributed by atoms with van der Waals surface area (Å²) in [5.74, 6) is -48.2. The van der Waals surface area contributed by atoms with E-state index in [0.717, 1.165) is 0 Å². The van der Waals surface area contributed by atoms with Crippen LogP contribution >= 0.6 is 0 Å². The Balaban J connectivity index is 3.36. The van der Waals surface area contributed by atoms with E-state index < -0.39 is 60.8 Å². The van der Waals surface area contributed by atoms with Crippen molar-refractivity contribution in [3.8, 4) is 0 Å². The molecule has 0 amide bonds. The molecule has 1 aliphatic rings. The van der Waals surface area contributed by atoms with Crippen molar-refractivity contribution < 1.29 is 79.7 Å². The van der Waals surface area contributed by atoms with Gasteiger partial charge in [-0.2, -0.15) is 65.9 Å². The van der Waals surface area contributed by atoms with Crippen LogP contribution in [0.15, 0.2) is 0 Å². The fourth-order valence-corrected chi connectivity index (χ4v) is 1.58. The molecule has 0 spiro atoms. The van der Waals surface area contributed by atoms with Gasteiger partial charge in [-0.15, -0.1) is 0 Å². The maximum atomic E-state index is 13.3. The Hall–Kier alpha value is -1.20. The summed E-state index contributed by atoms with van der Waals surface area (Å²) in [7, 11) is 0. The zero-order valence-electron chi connectivity index (χ0n) is 12.9. The Kier molecular flexibility index (Phi) is 6.16. The average molecular weight is 474 g/mol. The molecule has 1 saturated heterocycles. The molecule has 0 aromatic heterocycles. The number of hydrogen-bond acceptors (Lipinski definition) is 2. The highest BCUT2D eigenvalue weighted by molar-refractivity contribution is 5.13. The number of rotatable bonds is 9. The quantitative estimate of drug-likeness (QED) is 0.344. The molecular weight excluding hydrogens is 468 g/mol. The Labute approximate surface area is 148 Å². The van der Waals surface area contributed by atoms with E-state index >= 15 is 0 Å². The molecule has 0 aromatic rings. The van der Waals surface area contributed by atoms with Gasteiger partial charge in [0.05, 0.1) is 13.2 Å². The molecule has 0 bridgehead atoms. The van der Waals surface area contributed by atoms with E-state index in [-0.39, 0.29) is 6.61 Å². The third-order valence-electron chi connectivity index (χ3n) is 3.47. The zero-order valence-corrected chi connectivity index (χ0v) is 12.9. The van der Waals surface area contributed by atoms with Crippen LogP contribution in [0.4, 0.5) is 70.2 Å². The molecule has 29 heavy (non-hydrogen) atoms. The number of ether oxygens (including phenoxy) is 2. The van der Waals surface area contributed by atoms with Crippen LogP contribution in [0, 0.1) is 0 Å². The number of alkyl halides is 16. The molecule has 0 radical (unpaired) electrons. The fourth-order valence-electron chi connectivity index (χ4n) is 1.58. The molecule has 1 rings (SSSR count). The summed E-state index contributed by atoms with van der Waals surface area (Å²) in [6, 6.07) is 0. The van der Waals surface area contributed by atoms with Crippen molar-refractivity contribution in [3.05, 3.63) is 0 Å². The SMILES string of the molecule is FC(OCC1CO1)C(F)(F)C(F)(F)C(F)(F)C(F)(F)C(F)(F)C(F)(F)C(F)(F)F. The van der Waals surface area contributed by atoms with Gasteiger partial charge < -0.3 is 9.47 Å². The van der Waals surface area contributed by atoms with E-state index in [1.54, 1.807) is 0 Å². The fraction of sp³-hybridized carbons (Fsp3) is 1.00. The van der Waals surface area contributed by atoms with E-state index in [2.05, 4.69) is 9.47 Å². The van der Waals surface area contributed by atoms with Gasteiger partial charge in [-0.3, -0.25) is 0 Å². The number of epoxide rings is 1. The molecule has 1 fully saturated rings. The summed E-state index contributed by atoms with van der Waals surface area (Å²) in [4.78, 5) is 0. The van der Waals surface area contributed by atoms with Crippen molar-refractivity contribution in [2.24, 2.45) is 0 Å². The molecule has 1 aliphatic heterocycles. The molecule has 0 aromatic carbocycles. The second-order valence-corrected chi connectivity index (χ2v) is 5.60. The van der Waals surface area contributed by atoms with Gasteiger partial charge in [0.25, 0.3) is 6.36 Å². The molecule has 1 heterocycles. The van der Waals surface area contributed by atoms with Crippen molar-refractivity contribution in [2.75, 3.05) is 13.2 Å². The van der Waals surface area contributed by atoms with Gasteiger partial charge >= 0.3 is 41.7 Å². The first-order chi connectivity index (χ1) is 12.5. The standard InChI is InChI=1S/C11H6F16O2/c12-4(29-2-3-1-28-3)5(13,14)6(15,16)7(17,18)8(19,20)9(21,22)10(23,24)11(25,26)27/h3-4H,1-2H2. The van der Waals surface area contributed by atoms with E-state index in [1.807, 2.05) is 0 Å². The van der Waals surface area contributed by atoms with E-state index in [0.29, 0.717) is 0 Å². The van der Waals surface area contributed by atoms with E-state index in [1.165, 1.54) is 0 Å². The first kappa shape index (κ1) is 25.8. The first-order valence-electron chi connectivity index (χ1n) is 6.71. The summed E-state index contributed by atoms with van der Waals surface area (Å²) in [5.41, 5.74) is 0. The lowest BCUT2D eigenvalue weighted by Gasteiger charge is -2.41. The van der Waals surface area contributed by atoms with Crippen LogP contribution in [0.1, 0.15) is 0 Å². The van der Waals surface area contributed by atoms with Crippen LogP contribution in [0.2, 0.25) is 0 Å². The summed E-state index contributed by atoms with van der Waals surface area (Å²) >= 11 is 0. The van der Waals surface area contributed by atoms with Gasteiger partial charge in [-0.25, -0.2) is 4.39 Å². The minimum absolute atomic E-state index is 0.304. The van der Waals surface area contributed by atoms with Crippen molar-refractivity contribution in [3.63, 3.8) is 0 Å². The third kappa shape index (κ3) is 3.69. The Morgan fingerprint density at radius 3 is 1.34 bits per heavy atom. The first-order valence-corrected chi connectivity index (χ1v) is 6.71. The largest absolute Gasteiger partial charge is 0.460 e. The maximum Gasteiger partial charge on any atom is 0.460 e. The molecule has 174 valence electrons. The minimum Gasteiger partial charge on any atom is -0.371 e. The lowest BCUT2D eigenvalue weighted by Crippen LogP contribution is -2.73. The molecule has 2 nitrogen and oxygen atoms in total. The van der Waals surface area contributed by atoms with Gasteiger partial charge in [-0.1, -0.05) is 0 Å². The van der Waals surface area contributed by atoms with Crippen LogP contribution in [-0.4, -0.2) is 67.4 Å². The number of halogens is 16. The lowest BCUT2D eigenvalue weighted by molar-refractivity contribution is -0.458. The van der Waals surface area contributed by atoms with Crippen LogP contribution in [0.5, 0.6) is 0 Å². The molecular formula is C11H6F16O2. The molecule has 0 N–H and O–H groups in total. The molecule has 0 saturated carbocycles. The van der Waals surface area contributed by atoms with Gasteiger partial charge in [0.2, 0.25) is 0 Å². The summed E-state index contributed by atoms with van der Waals surface area (Å²) < 4.78 is 213. The lowest BCUT2D eigenvalue weighted by atomic mass is 9.91. The van der Waals surface area contributed by atoms with E-state index in [4.69, 9.17) is 0 Å². The van der Waals surface area contributed by atoms with Gasteiger partial charge in [-0.05, 0) is 0 Å². The second-order valence-electron chi connectivity index (χ2n) is 5.60. The topological polar surface area (TPSA) is 21.8 Å². The summed E-state index contributed by atoms with van der Waals surface area (Å²) in [6.07, 6.45) is -13.8. The highest BCUT2D eigenvalue weighted by Gasteiger charge is 2.94. The highest BCUT2D eigenvalue weighted by Crippen LogP contribution is 2.62. The van der Waals surface area contributed by atoms with Crippen LogP contribution < -0.4 is 0 Å². The number of hydrogen-bond donors (Lipinski definition) is 0. The average Bonchev–Trinajstić information content (AvgIpc) is 3.34. The Morgan fingerprint density at radius 2 is 1.00 bits per heavy atom. The van der Waals surface area contributed by atoms with Crippen LogP contribution in [-0.2, 0) is 9.47 Å². The molecule has 18 heteroatoms. The molecule has 2 atom stereocenters.